The van der Waals surface area contributed by atoms with E-state index in [2.05, 4.69) is 17.2 Å². The van der Waals surface area contributed by atoms with Gasteiger partial charge in [-0.25, -0.2) is 0 Å². The highest BCUT2D eigenvalue weighted by Gasteiger charge is 1.99. The van der Waals surface area contributed by atoms with Crippen LogP contribution in [0, 0.1) is 0 Å². The first-order valence-corrected chi connectivity index (χ1v) is 5.93. The van der Waals surface area contributed by atoms with Crippen LogP contribution in [0.2, 0.25) is 5.02 Å². The minimum Gasteiger partial charge on any atom is -0.355 e. The van der Waals surface area contributed by atoms with Gasteiger partial charge in [-0.1, -0.05) is 29.8 Å². The maximum absolute atomic E-state index is 11.3. The molecule has 0 aromatic heterocycles. The number of hydrogen-bond acceptors (Lipinski definition) is 2. The van der Waals surface area contributed by atoms with Crippen molar-refractivity contribution in [3.05, 3.63) is 47.5 Å². The largest absolute Gasteiger partial charge is 0.355 e. The zero-order chi connectivity index (χ0) is 12.5. The van der Waals surface area contributed by atoms with Crippen LogP contribution in [0.4, 0.5) is 0 Å². The Balaban J connectivity index is 2.19. The van der Waals surface area contributed by atoms with Gasteiger partial charge < -0.3 is 10.6 Å². The fourth-order valence-corrected chi connectivity index (χ4v) is 1.60. The predicted molar refractivity (Wildman–Crippen MR) is 71.2 cm³/mol. The first-order chi connectivity index (χ1) is 8.22. The van der Waals surface area contributed by atoms with Crippen molar-refractivity contribution >= 4 is 17.5 Å². The standard InChI is InChI=1S/C13H17ClN2O/c1-2-7-15-10-13(17)16-8-6-11-4-3-5-12(14)9-11/h2-5,9,15H,1,6-8,10H2,(H,16,17). The zero-order valence-electron chi connectivity index (χ0n) is 9.71. The smallest absolute Gasteiger partial charge is 0.233 e. The molecule has 1 rings (SSSR count). The van der Waals surface area contributed by atoms with Crippen LogP contribution in [0.25, 0.3) is 0 Å². The zero-order valence-corrected chi connectivity index (χ0v) is 10.5. The highest BCUT2D eigenvalue weighted by Crippen LogP contribution is 2.10. The Morgan fingerprint density at radius 1 is 1.47 bits per heavy atom. The second kappa shape index (κ2) is 7.87. The predicted octanol–water partition coefficient (Wildman–Crippen LogP) is 1.77. The van der Waals surface area contributed by atoms with Gasteiger partial charge in [-0.15, -0.1) is 6.58 Å². The molecular weight excluding hydrogens is 236 g/mol. The maximum Gasteiger partial charge on any atom is 0.233 e. The summed E-state index contributed by atoms with van der Waals surface area (Å²) in [6, 6.07) is 7.64. The maximum atomic E-state index is 11.3. The second-order valence-corrected chi connectivity index (χ2v) is 4.09. The topological polar surface area (TPSA) is 41.1 Å². The van der Waals surface area contributed by atoms with Crippen LogP contribution in [0.3, 0.4) is 0 Å². The molecule has 0 aliphatic rings. The van der Waals surface area contributed by atoms with E-state index in [0.29, 0.717) is 19.6 Å². The molecule has 2 N–H and O–H groups in total. The van der Waals surface area contributed by atoms with Gasteiger partial charge >= 0.3 is 0 Å². The van der Waals surface area contributed by atoms with E-state index >= 15 is 0 Å². The number of rotatable bonds is 7. The van der Waals surface area contributed by atoms with Gasteiger partial charge in [0.05, 0.1) is 6.54 Å². The number of carbonyl (C=O) groups excluding carboxylic acids is 1. The van der Waals surface area contributed by atoms with Crippen molar-refractivity contribution in [3.63, 3.8) is 0 Å². The number of carbonyl (C=O) groups is 1. The molecule has 0 radical (unpaired) electrons. The minimum atomic E-state index is -0.00567. The molecule has 92 valence electrons. The summed E-state index contributed by atoms with van der Waals surface area (Å²) in [7, 11) is 0. The fraction of sp³-hybridized carbons (Fsp3) is 0.308. The average molecular weight is 253 g/mol. The summed E-state index contributed by atoms with van der Waals surface area (Å²) in [6.07, 6.45) is 2.51. The Morgan fingerprint density at radius 2 is 2.29 bits per heavy atom. The third kappa shape index (κ3) is 6.09. The van der Waals surface area contributed by atoms with E-state index in [0.717, 1.165) is 17.0 Å². The van der Waals surface area contributed by atoms with Crippen LogP contribution < -0.4 is 10.6 Å². The van der Waals surface area contributed by atoms with Crippen molar-refractivity contribution in [2.75, 3.05) is 19.6 Å². The number of halogens is 1. The molecule has 0 saturated carbocycles. The molecule has 1 aromatic carbocycles. The highest BCUT2D eigenvalue weighted by molar-refractivity contribution is 6.30. The van der Waals surface area contributed by atoms with Gasteiger partial charge in [0, 0.05) is 18.1 Å². The lowest BCUT2D eigenvalue weighted by Gasteiger charge is -2.06. The van der Waals surface area contributed by atoms with Gasteiger partial charge in [-0.3, -0.25) is 4.79 Å². The molecule has 0 bridgehead atoms. The van der Waals surface area contributed by atoms with E-state index in [9.17, 15) is 4.79 Å². The van der Waals surface area contributed by atoms with Crippen molar-refractivity contribution in [1.82, 2.24) is 10.6 Å². The van der Waals surface area contributed by atoms with Crippen molar-refractivity contribution in [2.24, 2.45) is 0 Å². The summed E-state index contributed by atoms with van der Waals surface area (Å²) in [5, 5.41) is 6.50. The summed E-state index contributed by atoms with van der Waals surface area (Å²) >= 11 is 5.86. The molecule has 1 aromatic rings. The Labute approximate surface area is 107 Å². The average Bonchev–Trinajstić information content (AvgIpc) is 2.29. The molecule has 17 heavy (non-hydrogen) atoms. The van der Waals surface area contributed by atoms with Gasteiger partial charge in [0.25, 0.3) is 0 Å². The van der Waals surface area contributed by atoms with Gasteiger partial charge in [0.15, 0.2) is 0 Å². The molecule has 0 heterocycles. The number of amides is 1. The van der Waals surface area contributed by atoms with E-state index in [4.69, 9.17) is 11.6 Å². The molecular formula is C13H17ClN2O. The number of nitrogens with one attached hydrogen (secondary N) is 2. The van der Waals surface area contributed by atoms with Crippen molar-refractivity contribution < 1.29 is 4.79 Å². The summed E-state index contributed by atoms with van der Waals surface area (Å²) < 4.78 is 0. The van der Waals surface area contributed by atoms with Crippen LogP contribution in [0.15, 0.2) is 36.9 Å². The second-order valence-electron chi connectivity index (χ2n) is 3.65. The number of benzene rings is 1. The molecule has 1 amide bonds. The van der Waals surface area contributed by atoms with E-state index in [-0.39, 0.29) is 5.91 Å². The Kier molecular flexibility index (Phi) is 6.37. The third-order valence-corrected chi connectivity index (χ3v) is 2.43. The lowest BCUT2D eigenvalue weighted by molar-refractivity contribution is -0.120. The lowest BCUT2D eigenvalue weighted by Crippen LogP contribution is -2.34. The molecule has 0 aliphatic heterocycles. The first-order valence-electron chi connectivity index (χ1n) is 5.55. The Bertz CT molecular complexity index is 379. The summed E-state index contributed by atoms with van der Waals surface area (Å²) in [5.74, 6) is -0.00567. The van der Waals surface area contributed by atoms with Crippen molar-refractivity contribution in [2.45, 2.75) is 6.42 Å². The quantitative estimate of drug-likeness (QED) is 0.574. The van der Waals surface area contributed by atoms with E-state index in [1.165, 1.54) is 0 Å². The minimum absolute atomic E-state index is 0.00567. The number of hydrogen-bond donors (Lipinski definition) is 2. The normalized spacial score (nSPS) is 9.94. The van der Waals surface area contributed by atoms with Crippen molar-refractivity contribution in [1.29, 1.82) is 0 Å². The molecule has 0 unspecified atom stereocenters. The van der Waals surface area contributed by atoms with Crippen LogP contribution in [-0.4, -0.2) is 25.5 Å². The SMILES string of the molecule is C=CCNCC(=O)NCCc1cccc(Cl)c1. The van der Waals surface area contributed by atoms with Crippen LogP contribution in [0.1, 0.15) is 5.56 Å². The molecule has 0 fully saturated rings. The van der Waals surface area contributed by atoms with Crippen LogP contribution in [0.5, 0.6) is 0 Å². The van der Waals surface area contributed by atoms with Crippen LogP contribution >= 0.6 is 11.6 Å². The first kappa shape index (κ1) is 13.7. The third-order valence-electron chi connectivity index (χ3n) is 2.20. The molecule has 4 heteroatoms. The summed E-state index contributed by atoms with van der Waals surface area (Å²) in [4.78, 5) is 11.3. The van der Waals surface area contributed by atoms with Gasteiger partial charge in [0.2, 0.25) is 5.91 Å². The molecule has 3 nitrogen and oxygen atoms in total. The lowest BCUT2D eigenvalue weighted by atomic mass is 10.1. The van der Waals surface area contributed by atoms with Gasteiger partial charge in [-0.2, -0.15) is 0 Å². The van der Waals surface area contributed by atoms with Gasteiger partial charge in [-0.05, 0) is 24.1 Å². The monoisotopic (exact) mass is 252 g/mol. The molecule has 0 saturated heterocycles. The highest BCUT2D eigenvalue weighted by atomic mass is 35.5. The van der Waals surface area contributed by atoms with Gasteiger partial charge in [0.1, 0.15) is 0 Å². The molecule has 0 atom stereocenters. The van der Waals surface area contributed by atoms with Crippen LogP contribution in [-0.2, 0) is 11.2 Å². The Morgan fingerprint density at radius 3 is 3.00 bits per heavy atom. The van der Waals surface area contributed by atoms with E-state index in [1.807, 2.05) is 24.3 Å². The summed E-state index contributed by atoms with van der Waals surface area (Å²) in [5.41, 5.74) is 1.12. The van der Waals surface area contributed by atoms with E-state index < -0.39 is 0 Å². The molecule has 0 aliphatic carbocycles. The van der Waals surface area contributed by atoms with E-state index in [1.54, 1.807) is 6.08 Å². The summed E-state index contributed by atoms with van der Waals surface area (Å²) in [6.45, 7) is 5.14. The Hall–Kier alpha value is -1.32. The molecule has 0 spiro atoms. The fourth-order valence-electron chi connectivity index (χ4n) is 1.39. The van der Waals surface area contributed by atoms with Crippen molar-refractivity contribution in [3.8, 4) is 0 Å².